The maximum Gasteiger partial charge on any atom is 0.136 e. The van der Waals surface area contributed by atoms with Crippen molar-refractivity contribution in [3.05, 3.63) is 70.5 Å². The summed E-state index contributed by atoms with van der Waals surface area (Å²) in [6, 6.07) is 10.1. The fourth-order valence-corrected chi connectivity index (χ4v) is 3.33. The first-order chi connectivity index (χ1) is 13.4. The third kappa shape index (κ3) is 4.41. The number of allylic oxidation sites excluding steroid dienone is 3. The second-order valence-corrected chi connectivity index (χ2v) is 7.05. The van der Waals surface area contributed by atoms with Gasteiger partial charge >= 0.3 is 0 Å². The van der Waals surface area contributed by atoms with Crippen LogP contribution < -0.4 is 9.47 Å². The van der Waals surface area contributed by atoms with Crippen LogP contribution in [0.15, 0.2) is 48.2 Å². The van der Waals surface area contributed by atoms with Gasteiger partial charge in [0.2, 0.25) is 0 Å². The van der Waals surface area contributed by atoms with Gasteiger partial charge in [-0.2, -0.15) is 0 Å². The van der Waals surface area contributed by atoms with E-state index in [2.05, 4.69) is 32.9 Å². The summed E-state index contributed by atoms with van der Waals surface area (Å²) in [7, 11) is 1.67. The number of ether oxygens (including phenoxy) is 2. The van der Waals surface area contributed by atoms with Gasteiger partial charge in [-0.15, -0.1) is 0 Å². The predicted octanol–water partition coefficient (Wildman–Crippen LogP) is 6.78. The number of rotatable bonds is 4. The Morgan fingerprint density at radius 2 is 1.82 bits per heavy atom. The Labute approximate surface area is 169 Å². The van der Waals surface area contributed by atoms with E-state index in [0.717, 1.165) is 45.7 Å². The molecule has 28 heavy (non-hydrogen) atoms. The molecule has 0 fully saturated rings. The lowest BCUT2D eigenvalue weighted by Gasteiger charge is -2.27. The topological polar surface area (TPSA) is 38.7 Å². The molecule has 0 radical (unpaired) electrons. The Balaban J connectivity index is 0.00000136. The van der Waals surface area contributed by atoms with Crippen molar-refractivity contribution in [2.24, 2.45) is 0 Å². The second-order valence-electron chi connectivity index (χ2n) is 7.05. The molecule has 0 saturated carbocycles. The molecule has 1 N–H and O–H groups in total. The van der Waals surface area contributed by atoms with Gasteiger partial charge in [0.05, 0.1) is 13.4 Å². The Morgan fingerprint density at radius 3 is 2.39 bits per heavy atom. The van der Waals surface area contributed by atoms with Gasteiger partial charge in [-0.3, -0.25) is 0 Å². The van der Waals surface area contributed by atoms with Crippen LogP contribution in [-0.4, -0.2) is 12.2 Å². The van der Waals surface area contributed by atoms with Crippen molar-refractivity contribution < 1.29 is 14.6 Å². The minimum Gasteiger partial charge on any atom is -0.507 e. The van der Waals surface area contributed by atoms with E-state index in [1.807, 2.05) is 45.0 Å². The van der Waals surface area contributed by atoms with Crippen molar-refractivity contribution in [3.8, 4) is 17.2 Å². The van der Waals surface area contributed by atoms with Crippen molar-refractivity contribution in [2.75, 3.05) is 7.11 Å². The van der Waals surface area contributed by atoms with Crippen LogP contribution in [0, 0.1) is 6.92 Å². The zero-order chi connectivity index (χ0) is 20.8. The maximum atomic E-state index is 10.5. The molecule has 1 atom stereocenters. The van der Waals surface area contributed by atoms with Gasteiger partial charge in [-0.25, -0.2) is 0 Å². The Kier molecular flexibility index (Phi) is 7.33. The molecule has 0 saturated heterocycles. The minimum atomic E-state index is 0.178. The highest BCUT2D eigenvalue weighted by Crippen LogP contribution is 2.46. The summed E-state index contributed by atoms with van der Waals surface area (Å²) in [4.78, 5) is 0. The number of benzene rings is 2. The van der Waals surface area contributed by atoms with Gasteiger partial charge in [0, 0.05) is 22.6 Å². The highest BCUT2D eigenvalue weighted by molar-refractivity contribution is 5.75. The fraction of sp³-hybridized carbons (Fsp3) is 0.360. The Bertz CT molecular complexity index is 870. The highest BCUT2D eigenvalue weighted by atomic mass is 16.5. The number of hydrogen-bond acceptors (Lipinski definition) is 3. The Morgan fingerprint density at radius 1 is 1.18 bits per heavy atom. The molecule has 3 rings (SSSR count). The summed E-state index contributed by atoms with van der Waals surface area (Å²) in [5, 5.41) is 10.5. The van der Waals surface area contributed by atoms with E-state index in [1.54, 1.807) is 13.4 Å². The molecule has 1 aliphatic rings. The molecule has 1 aliphatic heterocycles. The van der Waals surface area contributed by atoms with Crippen molar-refractivity contribution in [1.29, 1.82) is 0 Å². The smallest absolute Gasteiger partial charge is 0.136 e. The van der Waals surface area contributed by atoms with Crippen LogP contribution in [0.1, 0.15) is 62.8 Å². The monoisotopic (exact) mass is 380 g/mol. The van der Waals surface area contributed by atoms with Gasteiger partial charge in [0.1, 0.15) is 17.2 Å². The zero-order valence-electron chi connectivity index (χ0n) is 18.1. The number of phenolic OH excluding ortho intramolecular Hbond substituents is 1. The lowest BCUT2D eigenvalue weighted by Crippen LogP contribution is -2.09. The molecule has 3 nitrogen and oxygen atoms in total. The summed E-state index contributed by atoms with van der Waals surface area (Å²) in [5.41, 5.74) is 6.33. The molecule has 2 aromatic carbocycles. The van der Waals surface area contributed by atoms with E-state index in [0.29, 0.717) is 5.75 Å². The maximum absolute atomic E-state index is 10.5. The molecule has 1 unspecified atom stereocenters. The lowest BCUT2D eigenvalue weighted by atomic mass is 9.84. The third-order valence-corrected chi connectivity index (χ3v) is 4.98. The molecule has 2 aromatic rings. The average molecular weight is 381 g/mol. The summed E-state index contributed by atoms with van der Waals surface area (Å²) in [6.07, 6.45) is 4.66. The van der Waals surface area contributed by atoms with Crippen molar-refractivity contribution in [3.63, 3.8) is 0 Å². The summed E-state index contributed by atoms with van der Waals surface area (Å²) < 4.78 is 11.2. The molecule has 0 spiro atoms. The number of methoxy groups -OCH3 is 1. The van der Waals surface area contributed by atoms with E-state index in [9.17, 15) is 5.11 Å². The molecule has 1 heterocycles. The largest absolute Gasteiger partial charge is 0.507 e. The molecule has 0 bridgehead atoms. The number of hydrogen-bond donors (Lipinski definition) is 1. The first-order valence-corrected chi connectivity index (χ1v) is 9.92. The van der Waals surface area contributed by atoms with E-state index < -0.39 is 0 Å². The van der Waals surface area contributed by atoms with Crippen molar-refractivity contribution in [2.45, 2.75) is 53.9 Å². The molecule has 150 valence electrons. The Hall–Kier alpha value is -2.68. The molecular weight excluding hydrogens is 348 g/mol. The summed E-state index contributed by atoms with van der Waals surface area (Å²) >= 11 is 0. The van der Waals surface area contributed by atoms with Gasteiger partial charge in [-0.05, 0) is 56.5 Å². The van der Waals surface area contributed by atoms with Crippen LogP contribution in [-0.2, 0) is 6.42 Å². The van der Waals surface area contributed by atoms with E-state index in [-0.39, 0.29) is 5.92 Å². The molecule has 0 aromatic heterocycles. The van der Waals surface area contributed by atoms with Gasteiger partial charge in [0.25, 0.3) is 0 Å². The van der Waals surface area contributed by atoms with E-state index in [4.69, 9.17) is 9.47 Å². The quantitative estimate of drug-likeness (QED) is 0.594. The average Bonchev–Trinajstić information content (AvgIpc) is 2.71. The number of phenols is 1. The third-order valence-electron chi connectivity index (χ3n) is 4.98. The molecule has 0 amide bonds. The predicted molar refractivity (Wildman–Crippen MR) is 117 cm³/mol. The first-order valence-electron chi connectivity index (χ1n) is 9.92. The zero-order valence-corrected chi connectivity index (χ0v) is 18.1. The first kappa shape index (κ1) is 21.6. The van der Waals surface area contributed by atoms with Crippen molar-refractivity contribution in [1.82, 2.24) is 0 Å². The van der Waals surface area contributed by atoms with E-state index >= 15 is 0 Å². The van der Waals surface area contributed by atoms with Crippen LogP contribution in [0.4, 0.5) is 0 Å². The number of fused-ring (bicyclic) bond motifs is 1. The molecule has 3 heteroatoms. The van der Waals surface area contributed by atoms with Crippen LogP contribution in [0.25, 0.3) is 5.57 Å². The van der Waals surface area contributed by atoms with Crippen LogP contribution in [0.2, 0.25) is 0 Å². The molecule has 0 aliphatic carbocycles. The lowest BCUT2D eigenvalue weighted by molar-refractivity contribution is 0.414. The van der Waals surface area contributed by atoms with E-state index in [1.165, 1.54) is 5.57 Å². The normalized spacial score (nSPS) is 14.7. The van der Waals surface area contributed by atoms with Crippen LogP contribution in [0.3, 0.4) is 0 Å². The highest BCUT2D eigenvalue weighted by Gasteiger charge is 2.26. The van der Waals surface area contributed by atoms with Crippen LogP contribution in [0.5, 0.6) is 17.2 Å². The van der Waals surface area contributed by atoms with Crippen LogP contribution >= 0.6 is 0 Å². The van der Waals surface area contributed by atoms with Gasteiger partial charge < -0.3 is 14.6 Å². The standard InChI is InChI=1S/C23H26O3.C2H6/c1-14(2)6-7-18-12-20-15(3)21(13-26-23(20)16(4)22(18)24)17-8-10-19(25-5)11-9-17;1-2/h6,8-13,15,24H,7H2,1-5H3;1-2H3. The SMILES string of the molecule is CC.COc1ccc(C2=COc3c(cc(CC=C(C)C)c(O)c3C)C2C)cc1. The second kappa shape index (κ2) is 9.50. The van der Waals surface area contributed by atoms with Gasteiger partial charge in [0.15, 0.2) is 0 Å². The number of aromatic hydroxyl groups is 1. The fourth-order valence-electron chi connectivity index (χ4n) is 3.33. The summed E-state index contributed by atoms with van der Waals surface area (Å²) in [5.74, 6) is 2.11. The minimum absolute atomic E-state index is 0.178. The van der Waals surface area contributed by atoms with Crippen molar-refractivity contribution >= 4 is 5.57 Å². The molecular formula is C25H32O3. The van der Waals surface area contributed by atoms with Gasteiger partial charge in [-0.1, -0.05) is 44.6 Å². The summed E-state index contributed by atoms with van der Waals surface area (Å²) in [6.45, 7) is 12.2.